The van der Waals surface area contributed by atoms with E-state index in [4.69, 9.17) is 4.42 Å². The Morgan fingerprint density at radius 1 is 1.12 bits per heavy atom. The monoisotopic (exact) mass is 250 g/mol. The highest BCUT2D eigenvalue weighted by Gasteiger charge is 2.13. The number of aryl methyl sites for hydroxylation is 2. The molecule has 0 amide bonds. The average molecular weight is 250 g/mol. The first-order chi connectivity index (χ1) is 8.22. The molecule has 0 saturated carbocycles. The lowest BCUT2D eigenvalue weighted by Gasteiger charge is -2.05. The first-order valence-corrected chi connectivity index (χ1v) is 6.88. The van der Waals surface area contributed by atoms with Crippen LogP contribution in [0.3, 0.4) is 0 Å². The lowest BCUT2D eigenvalue weighted by Crippen LogP contribution is -1.98. The highest BCUT2D eigenvalue weighted by Crippen LogP contribution is 2.25. The molecule has 92 valence electrons. The number of hydrogen-bond acceptors (Lipinski definition) is 3. The van der Waals surface area contributed by atoms with Crippen molar-refractivity contribution >= 4 is 11.3 Å². The van der Waals surface area contributed by atoms with Crippen molar-refractivity contribution in [2.45, 2.75) is 39.2 Å². The third-order valence-corrected chi connectivity index (χ3v) is 4.07. The van der Waals surface area contributed by atoms with Gasteiger partial charge in [0.2, 0.25) is 0 Å². The van der Waals surface area contributed by atoms with Gasteiger partial charge in [0.25, 0.3) is 0 Å². The first-order valence-electron chi connectivity index (χ1n) is 6.07. The summed E-state index contributed by atoms with van der Waals surface area (Å²) in [4.78, 5) is 2.57. The summed E-state index contributed by atoms with van der Waals surface area (Å²) in [6, 6.07) is 8.03. The van der Waals surface area contributed by atoms with Crippen molar-refractivity contribution in [1.82, 2.24) is 0 Å². The van der Waals surface area contributed by atoms with Crippen molar-refractivity contribution < 1.29 is 9.52 Å². The van der Waals surface area contributed by atoms with Gasteiger partial charge in [-0.15, -0.1) is 11.3 Å². The topological polar surface area (TPSA) is 33.4 Å². The van der Waals surface area contributed by atoms with Crippen molar-refractivity contribution in [3.63, 3.8) is 0 Å². The Hall–Kier alpha value is -1.06. The molecule has 0 aliphatic heterocycles. The molecule has 0 saturated heterocycles. The van der Waals surface area contributed by atoms with Gasteiger partial charge in [0.1, 0.15) is 17.6 Å². The second-order valence-electron chi connectivity index (χ2n) is 4.10. The Morgan fingerprint density at radius 2 is 1.88 bits per heavy atom. The van der Waals surface area contributed by atoms with Crippen molar-refractivity contribution in [3.05, 3.63) is 45.5 Å². The normalized spacial score (nSPS) is 12.9. The summed E-state index contributed by atoms with van der Waals surface area (Å²) in [6.07, 6.45) is 2.04. The lowest BCUT2D eigenvalue weighted by molar-refractivity contribution is 0.149. The summed E-state index contributed by atoms with van der Waals surface area (Å²) < 4.78 is 5.55. The van der Waals surface area contributed by atoms with E-state index in [1.807, 2.05) is 19.1 Å². The quantitative estimate of drug-likeness (QED) is 0.877. The Balaban J connectivity index is 2.02. The van der Waals surface area contributed by atoms with E-state index in [-0.39, 0.29) is 0 Å². The van der Waals surface area contributed by atoms with Crippen LogP contribution >= 0.6 is 11.3 Å². The molecule has 1 unspecified atom stereocenters. The lowest BCUT2D eigenvalue weighted by atomic mass is 10.2. The van der Waals surface area contributed by atoms with E-state index >= 15 is 0 Å². The van der Waals surface area contributed by atoms with E-state index in [9.17, 15) is 5.11 Å². The van der Waals surface area contributed by atoms with Crippen LogP contribution < -0.4 is 0 Å². The summed E-state index contributed by atoms with van der Waals surface area (Å²) in [5, 5.41) is 10.1. The maximum absolute atomic E-state index is 10.1. The Morgan fingerprint density at radius 3 is 2.47 bits per heavy atom. The van der Waals surface area contributed by atoms with Crippen LogP contribution in [0.25, 0.3) is 0 Å². The molecule has 0 aliphatic rings. The molecule has 0 aromatic carbocycles. The number of aliphatic hydroxyl groups is 1. The standard InChI is InChI=1S/C14H18O2S/c1-3-10-5-8-14(16-10)13(15)9-12-7-6-11(4-2)17-12/h5-8,13,15H,3-4,9H2,1-2H3. The zero-order chi connectivity index (χ0) is 12.3. The number of aliphatic hydroxyl groups excluding tert-OH is 1. The van der Waals surface area contributed by atoms with Crippen molar-refractivity contribution in [2.24, 2.45) is 0 Å². The molecule has 1 N–H and O–H groups in total. The summed E-state index contributed by atoms with van der Waals surface area (Å²) >= 11 is 1.77. The molecule has 0 radical (unpaired) electrons. The van der Waals surface area contributed by atoms with Crippen LogP contribution in [0.15, 0.2) is 28.7 Å². The van der Waals surface area contributed by atoms with Gasteiger partial charge in [0.15, 0.2) is 0 Å². The van der Waals surface area contributed by atoms with Crippen LogP contribution in [0.2, 0.25) is 0 Å². The van der Waals surface area contributed by atoms with E-state index in [1.165, 1.54) is 9.75 Å². The highest BCUT2D eigenvalue weighted by atomic mass is 32.1. The van der Waals surface area contributed by atoms with Gasteiger partial charge in [-0.3, -0.25) is 0 Å². The molecule has 1 atom stereocenters. The molecule has 17 heavy (non-hydrogen) atoms. The van der Waals surface area contributed by atoms with Gasteiger partial charge in [-0.1, -0.05) is 13.8 Å². The van der Waals surface area contributed by atoms with Gasteiger partial charge < -0.3 is 9.52 Å². The Labute approximate surface area is 106 Å². The molecular formula is C14H18O2S. The molecule has 0 aliphatic carbocycles. The van der Waals surface area contributed by atoms with Crippen molar-refractivity contribution in [2.75, 3.05) is 0 Å². The smallest absolute Gasteiger partial charge is 0.133 e. The molecule has 0 bridgehead atoms. The van der Waals surface area contributed by atoms with Gasteiger partial charge >= 0.3 is 0 Å². The van der Waals surface area contributed by atoms with Crippen molar-refractivity contribution in [1.29, 1.82) is 0 Å². The molecule has 2 aromatic heterocycles. The van der Waals surface area contributed by atoms with E-state index in [1.54, 1.807) is 11.3 Å². The van der Waals surface area contributed by atoms with Crippen LogP contribution in [0.5, 0.6) is 0 Å². The Kier molecular flexibility index (Phi) is 4.02. The average Bonchev–Trinajstić information content (AvgIpc) is 2.96. The van der Waals surface area contributed by atoms with E-state index in [0.29, 0.717) is 12.2 Å². The van der Waals surface area contributed by atoms with Gasteiger partial charge in [-0.25, -0.2) is 0 Å². The number of thiophene rings is 1. The predicted octanol–water partition coefficient (Wildman–Crippen LogP) is 3.74. The van der Waals surface area contributed by atoms with Crippen LogP contribution in [0.4, 0.5) is 0 Å². The van der Waals surface area contributed by atoms with Gasteiger partial charge in [0.05, 0.1) is 0 Å². The maximum atomic E-state index is 10.1. The second-order valence-corrected chi connectivity index (χ2v) is 5.35. The van der Waals surface area contributed by atoms with Gasteiger partial charge in [0, 0.05) is 22.6 Å². The van der Waals surface area contributed by atoms with Gasteiger partial charge in [-0.05, 0) is 30.7 Å². The maximum Gasteiger partial charge on any atom is 0.133 e. The van der Waals surface area contributed by atoms with E-state index in [2.05, 4.69) is 19.1 Å². The van der Waals surface area contributed by atoms with Crippen LogP contribution in [0.1, 0.15) is 41.2 Å². The summed E-state index contributed by atoms with van der Waals surface area (Å²) in [5.74, 6) is 1.60. The van der Waals surface area contributed by atoms with Gasteiger partial charge in [-0.2, -0.15) is 0 Å². The first kappa shape index (κ1) is 12.4. The molecule has 2 heterocycles. The van der Waals surface area contributed by atoms with E-state index < -0.39 is 6.10 Å². The molecule has 3 heteroatoms. The molecular weight excluding hydrogens is 232 g/mol. The number of hydrogen-bond donors (Lipinski definition) is 1. The summed E-state index contributed by atoms with van der Waals surface area (Å²) in [5.41, 5.74) is 0. The molecule has 2 nitrogen and oxygen atoms in total. The van der Waals surface area contributed by atoms with Crippen LogP contribution in [0, 0.1) is 0 Å². The fourth-order valence-electron chi connectivity index (χ4n) is 1.78. The fourth-order valence-corrected chi connectivity index (χ4v) is 2.77. The molecule has 2 rings (SSSR count). The molecule has 2 aromatic rings. The predicted molar refractivity (Wildman–Crippen MR) is 70.4 cm³/mol. The summed E-state index contributed by atoms with van der Waals surface area (Å²) in [6.45, 7) is 4.19. The van der Waals surface area contributed by atoms with Crippen LogP contribution in [-0.4, -0.2) is 5.11 Å². The largest absolute Gasteiger partial charge is 0.463 e. The molecule has 0 spiro atoms. The highest BCUT2D eigenvalue weighted by molar-refractivity contribution is 7.11. The zero-order valence-corrected chi connectivity index (χ0v) is 11.1. The Bertz CT molecular complexity index is 470. The minimum Gasteiger partial charge on any atom is -0.463 e. The number of rotatable bonds is 5. The third kappa shape index (κ3) is 2.99. The zero-order valence-electron chi connectivity index (χ0n) is 10.3. The second kappa shape index (κ2) is 5.52. The summed E-state index contributed by atoms with van der Waals surface area (Å²) in [7, 11) is 0. The molecule has 0 fully saturated rings. The minimum absolute atomic E-state index is 0.529. The number of furan rings is 1. The van der Waals surface area contributed by atoms with E-state index in [0.717, 1.165) is 18.6 Å². The SMILES string of the molecule is CCc1ccc(C(O)Cc2ccc(CC)s2)o1. The van der Waals surface area contributed by atoms with Crippen LogP contribution in [-0.2, 0) is 19.3 Å². The van der Waals surface area contributed by atoms with Crippen molar-refractivity contribution in [3.8, 4) is 0 Å². The fraction of sp³-hybridized carbons (Fsp3) is 0.429. The third-order valence-electron chi connectivity index (χ3n) is 2.82. The minimum atomic E-state index is -0.529.